The van der Waals surface area contributed by atoms with Gasteiger partial charge in [0.25, 0.3) is 0 Å². The predicted octanol–water partition coefficient (Wildman–Crippen LogP) is 4.18. The number of methoxy groups -OCH3 is 1. The van der Waals surface area contributed by atoms with Crippen LogP contribution in [-0.2, 0) is 13.0 Å². The molecule has 0 spiro atoms. The third kappa shape index (κ3) is 4.23. The summed E-state index contributed by atoms with van der Waals surface area (Å²) in [5.74, 6) is 0.952. The van der Waals surface area contributed by atoms with Crippen LogP contribution in [0, 0.1) is 0 Å². The molecule has 2 aromatic rings. The van der Waals surface area contributed by atoms with Crippen LogP contribution >= 0.6 is 0 Å². The third-order valence-corrected chi connectivity index (χ3v) is 5.24. The summed E-state index contributed by atoms with van der Waals surface area (Å²) in [6.07, 6.45) is 3.46. The molecule has 25 heavy (non-hydrogen) atoms. The molecule has 134 valence electrons. The quantitative estimate of drug-likeness (QED) is 0.819. The summed E-state index contributed by atoms with van der Waals surface area (Å²) in [7, 11) is 4.00. The van der Waals surface area contributed by atoms with Gasteiger partial charge in [0.2, 0.25) is 0 Å². The van der Waals surface area contributed by atoms with Gasteiger partial charge in [0.05, 0.1) is 7.11 Å². The molecular formula is C22H30N2O. The Morgan fingerprint density at radius 2 is 1.96 bits per heavy atom. The zero-order chi connectivity index (χ0) is 17.6. The van der Waals surface area contributed by atoms with Crippen LogP contribution in [0.1, 0.15) is 42.5 Å². The topological polar surface area (TPSA) is 24.5 Å². The molecule has 3 nitrogen and oxygen atoms in total. The van der Waals surface area contributed by atoms with Crippen LogP contribution in [0.3, 0.4) is 0 Å². The molecule has 0 fully saturated rings. The van der Waals surface area contributed by atoms with E-state index in [1.165, 1.54) is 23.1 Å². The second-order valence-electron chi connectivity index (χ2n) is 7.00. The van der Waals surface area contributed by atoms with E-state index in [1.807, 2.05) is 0 Å². The van der Waals surface area contributed by atoms with E-state index in [0.717, 1.165) is 31.7 Å². The number of benzene rings is 2. The van der Waals surface area contributed by atoms with Gasteiger partial charge in [0.15, 0.2) is 0 Å². The molecule has 3 rings (SSSR count). The Labute approximate surface area is 152 Å². The zero-order valence-corrected chi connectivity index (χ0v) is 15.7. The second-order valence-corrected chi connectivity index (χ2v) is 7.00. The van der Waals surface area contributed by atoms with Crippen molar-refractivity contribution in [1.82, 2.24) is 10.2 Å². The van der Waals surface area contributed by atoms with Crippen molar-refractivity contribution in [2.24, 2.45) is 0 Å². The normalized spacial score (nSPS) is 19.7. The molecule has 0 aliphatic heterocycles. The first-order chi connectivity index (χ1) is 12.2. The molecule has 0 aromatic heterocycles. The first kappa shape index (κ1) is 18.0. The monoisotopic (exact) mass is 338 g/mol. The maximum atomic E-state index is 5.48. The molecule has 0 bridgehead atoms. The van der Waals surface area contributed by atoms with Crippen molar-refractivity contribution in [1.29, 1.82) is 0 Å². The van der Waals surface area contributed by atoms with Crippen LogP contribution in [0.2, 0.25) is 0 Å². The van der Waals surface area contributed by atoms with Crippen LogP contribution in [0.15, 0.2) is 48.5 Å². The first-order valence-electron chi connectivity index (χ1n) is 9.37. The standard InChI is InChI=1S/C22H30N2O/c1-4-14-23-22-20-15-19(25-3)12-10-18(20)11-13-21(22)24(2)16-17-8-6-5-7-9-17/h5-10,12,15,21-23H,4,11,13-14,16H2,1-3H3. The fourth-order valence-electron chi connectivity index (χ4n) is 3.90. The van der Waals surface area contributed by atoms with Crippen molar-refractivity contribution in [3.63, 3.8) is 0 Å². The van der Waals surface area contributed by atoms with E-state index in [0.29, 0.717) is 12.1 Å². The van der Waals surface area contributed by atoms with Crippen LogP contribution < -0.4 is 10.1 Å². The highest BCUT2D eigenvalue weighted by Gasteiger charge is 2.32. The minimum atomic E-state index is 0.354. The van der Waals surface area contributed by atoms with Gasteiger partial charge in [-0.25, -0.2) is 0 Å². The number of nitrogens with zero attached hydrogens (tertiary/aromatic N) is 1. The molecule has 1 aliphatic rings. The maximum Gasteiger partial charge on any atom is 0.119 e. The Hall–Kier alpha value is -1.84. The number of hydrogen-bond acceptors (Lipinski definition) is 3. The molecule has 2 unspecified atom stereocenters. The van der Waals surface area contributed by atoms with Gasteiger partial charge in [-0.1, -0.05) is 43.3 Å². The molecular weight excluding hydrogens is 308 g/mol. The summed E-state index contributed by atoms with van der Waals surface area (Å²) in [6.45, 7) is 4.25. The summed E-state index contributed by atoms with van der Waals surface area (Å²) < 4.78 is 5.48. The van der Waals surface area contributed by atoms with Gasteiger partial charge in [0.1, 0.15) is 5.75 Å². The summed E-state index contributed by atoms with van der Waals surface area (Å²) in [6, 6.07) is 18.2. The fraction of sp³-hybridized carbons (Fsp3) is 0.455. The van der Waals surface area contributed by atoms with E-state index >= 15 is 0 Å². The van der Waals surface area contributed by atoms with Gasteiger partial charge in [-0.15, -0.1) is 0 Å². The van der Waals surface area contributed by atoms with Gasteiger partial charge in [-0.3, -0.25) is 4.90 Å². The lowest BCUT2D eigenvalue weighted by atomic mass is 9.83. The number of rotatable bonds is 7. The summed E-state index contributed by atoms with van der Waals surface area (Å²) in [4.78, 5) is 2.51. The molecule has 0 saturated carbocycles. The lowest BCUT2D eigenvalue weighted by Crippen LogP contribution is -2.45. The Morgan fingerprint density at radius 3 is 2.68 bits per heavy atom. The summed E-state index contributed by atoms with van der Waals surface area (Å²) >= 11 is 0. The van der Waals surface area contributed by atoms with Gasteiger partial charge < -0.3 is 10.1 Å². The molecule has 2 aromatic carbocycles. The zero-order valence-electron chi connectivity index (χ0n) is 15.7. The van der Waals surface area contributed by atoms with Gasteiger partial charge in [0, 0.05) is 18.6 Å². The fourth-order valence-corrected chi connectivity index (χ4v) is 3.90. The molecule has 1 aliphatic carbocycles. The SMILES string of the molecule is CCCNC1c2cc(OC)ccc2CCC1N(C)Cc1ccccc1. The van der Waals surface area contributed by atoms with Crippen molar-refractivity contribution in [3.05, 3.63) is 65.2 Å². The van der Waals surface area contributed by atoms with Crippen LogP contribution in [-0.4, -0.2) is 31.6 Å². The lowest BCUT2D eigenvalue weighted by molar-refractivity contribution is 0.165. The van der Waals surface area contributed by atoms with E-state index in [-0.39, 0.29) is 0 Å². The number of nitrogens with one attached hydrogen (secondary N) is 1. The maximum absolute atomic E-state index is 5.48. The third-order valence-electron chi connectivity index (χ3n) is 5.24. The summed E-state index contributed by atoms with van der Waals surface area (Å²) in [5, 5.41) is 3.80. The van der Waals surface area contributed by atoms with Crippen molar-refractivity contribution in [3.8, 4) is 5.75 Å². The van der Waals surface area contributed by atoms with E-state index in [4.69, 9.17) is 4.74 Å². The largest absolute Gasteiger partial charge is 0.497 e. The number of hydrogen-bond donors (Lipinski definition) is 1. The molecule has 3 heteroatoms. The highest BCUT2D eigenvalue weighted by atomic mass is 16.5. The van der Waals surface area contributed by atoms with Crippen molar-refractivity contribution < 1.29 is 4.74 Å². The second kappa shape index (κ2) is 8.50. The minimum Gasteiger partial charge on any atom is -0.497 e. The van der Waals surface area contributed by atoms with Crippen molar-refractivity contribution in [2.75, 3.05) is 20.7 Å². The number of fused-ring (bicyclic) bond motifs is 1. The predicted molar refractivity (Wildman–Crippen MR) is 104 cm³/mol. The Bertz CT molecular complexity index is 671. The molecule has 0 amide bonds. The molecule has 0 saturated heterocycles. The summed E-state index contributed by atoms with van der Waals surface area (Å²) in [5.41, 5.74) is 4.23. The number of likely N-dealkylation sites (N-methyl/N-ethyl adjacent to an activating group) is 1. The Balaban J connectivity index is 1.84. The molecule has 1 N–H and O–H groups in total. The highest BCUT2D eigenvalue weighted by molar-refractivity contribution is 5.40. The van der Waals surface area contributed by atoms with Gasteiger partial charge >= 0.3 is 0 Å². The molecule has 0 radical (unpaired) electrons. The molecule has 0 heterocycles. The first-order valence-corrected chi connectivity index (χ1v) is 9.37. The Morgan fingerprint density at radius 1 is 1.16 bits per heavy atom. The van der Waals surface area contributed by atoms with Crippen LogP contribution in [0.5, 0.6) is 5.75 Å². The minimum absolute atomic E-state index is 0.354. The van der Waals surface area contributed by atoms with Crippen LogP contribution in [0.25, 0.3) is 0 Å². The van der Waals surface area contributed by atoms with Gasteiger partial charge in [-0.05, 0) is 61.7 Å². The van der Waals surface area contributed by atoms with Crippen molar-refractivity contribution in [2.45, 2.75) is 44.8 Å². The van der Waals surface area contributed by atoms with Crippen molar-refractivity contribution >= 4 is 0 Å². The highest BCUT2D eigenvalue weighted by Crippen LogP contribution is 2.35. The van der Waals surface area contributed by atoms with E-state index in [2.05, 4.69) is 72.7 Å². The lowest BCUT2D eigenvalue weighted by Gasteiger charge is -2.40. The van der Waals surface area contributed by atoms with Gasteiger partial charge in [-0.2, -0.15) is 0 Å². The number of aryl methyl sites for hydroxylation is 1. The molecule has 2 atom stereocenters. The van der Waals surface area contributed by atoms with E-state index in [1.54, 1.807) is 7.11 Å². The van der Waals surface area contributed by atoms with Crippen LogP contribution in [0.4, 0.5) is 0 Å². The smallest absolute Gasteiger partial charge is 0.119 e. The van der Waals surface area contributed by atoms with E-state index < -0.39 is 0 Å². The van der Waals surface area contributed by atoms with E-state index in [9.17, 15) is 0 Å². The number of ether oxygens (including phenoxy) is 1. The Kier molecular flexibility index (Phi) is 6.11. The average molecular weight is 338 g/mol. The average Bonchev–Trinajstić information content (AvgIpc) is 2.66.